The van der Waals surface area contributed by atoms with Crippen molar-refractivity contribution in [3.63, 3.8) is 0 Å². The number of carboxylic acids is 1. The summed E-state index contributed by atoms with van der Waals surface area (Å²) >= 11 is 0. The SMILES string of the molecule is C=C(C)CN1CCCC(CC)(C(=O)O)C1. The number of rotatable bonds is 4. The smallest absolute Gasteiger partial charge is 0.310 e. The predicted octanol–water partition coefficient (Wildman–Crippen LogP) is 2.14. The van der Waals surface area contributed by atoms with Crippen LogP contribution in [0.3, 0.4) is 0 Å². The molecule has 0 spiro atoms. The van der Waals surface area contributed by atoms with Crippen molar-refractivity contribution in [3.05, 3.63) is 12.2 Å². The summed E-state index contributed by atoms with van der Waals surface area (Å²) in [5.74, 6) is -0.642. The fourth-order valence-corrected chi connectivity index (χ4v) is 2.36. The van der Waals surface area contributed by atoms with Gasteiger partial charge in [-0.2, -0.15) is 0 Å². The van der Waals surface area contributed by atoms with Gasteiger partial charge >= 0.3 is 5.97 Å². The monoisotopic (exact) mass is 211 g/mol. The lowest BCUT2D eigenvalue weighted by Gasteiger charge is -2.39. The molecule has 15 heavy (non-hydrogen) atoms. The Balaban J connectivity index is 2.68. The summed E-state index contributed by atoms with van der Waals surface area (Å²) in [6.07, 6.45) is 2.51. The Labute approximate surface area is 91.8 Å². The van der Waals surface area contributed by atoms with Gasteiger partial charge in [0.1, 0.15) is 0 Å². The molecule has 1 N–H and O–H groups in total. The Morgan fingerprint density at radius 3 is 2.73 bits per heavy atom. The summed E-state index contributed by atoms with van der Waals surface area (Å²) in [4.78, 5) is 13.5. The average Bonchev–Trinajstić information content (AvgIpc) is 2.16. The molecule has 1 aliphatic heterocycles. The summed E-state index contributed by atoms with van der Waals surface area (Å²) in [5.41, 5.74) is 0.584. The second kappa shape index (κ2) is 4.79. The molecule has 0 bridgehead atoms. The molecule has 3 nitrogen and oxygen atoms in total. The van der Waals surface area contributed by atoms with E-state index < -0.39 is 11.4 Å². The second-order valence-corrected chi connectivity index (χ2v) is 4.71. The second-order valence-electron chi connectivity index (χ2n) is 4.71. The normalized spacial score (nSPS) is 27.6. The molecule has 86 valence electrons. The van der Waals surface area contributed by atoms with Crippen molar-refractivity contribution in [2.24, 2.45) is 5.41 Å². The number of hydrogen-bond acceptors (Lipinski definition) is 2. The number of likely N-dealkylation sites (tertiary alicyclic amines) is 1. The molecule has 1 saturated heterocycles. The van der Waals surface area contributed by atoms with Gasteiger partial charge in [-0.1, -0.05) is 19.1 Å². The highest BCUT2D eigenvalue weighted by molar-refractivity contribution is 5.75. The molecular formula is C12H21NO2. The van der Waals surface area contributed by atoms with Crippen molar-refractivity contribution in [1.82, 2.24) is 4.90 Å². The number of carbonyl (C=O) groups is 1. The van der Waals surface area contributed by atoms with E-state index in [1.54, 1.807) is 0 Å². The van der Waals surface area contributed by atoms with E-state index in [0.29, 0.717) is 6.54 Å². The van der Waals surface area contributed by atoms with Gasteiger partial charge in [0.2, 0.25) is 0 Å². The molecule has 1 aliphatic rings. The van der Waals surface area contributed by atoms with E-state index in [0.717, 1.165) is 37.9 Å². The summed E-state index contributed by atoms with van der Waals surface area (Å²) < 4.78 is 0. The van der Waals surface area contributed by atoms with Gasteiger partial charge in [-0.25, -0.2) is 0 Å². The lowest BCUT2D eigenvalue weighted by atomic mass is 9.77. The fourth-order valence-electron chi connectivity index (χ4n) is 2.36. The van der Waals surface area contributed by atoms with Crippen LogP contribution in [0.2, 0.25) is 0 Å². The first-order valence-corrected chi connectivity index (χ1v) is 5.60. The standard InChI is InChI=1S/C12H21NO2/c1-4-12(11(14)15)6-5-7-13(9-12)8-10(2)3/h2,4-9H2,1,3H3,(H,14,15). The lowest BCUT2D eigenvalue weighted by molar-refractivity contribution is -0.152. The number of piperidine rings is 1. The van der Waals surface area contributed by atoms with E-state index in [1.165, 1.54) is 0 Å². The van der Waals surface area contributed by atoms with Crippen LogP contribution in [-0.2, 0) is 4.79 Å². The van der Waals surface area contributed by atoms with Crippen LogP contribution in [0.1, 0.15) is 33.1 Å². The number of carboxylic acid groups (broad SMARTS) is 1. The molecule has 0 aromatic carbocycles. The van der Waals surface area contributed by atoms with Crippen molar-refractivity contribution < 1.29 is 9.90 Å². The third-order valence-corrected chi connectivity index (χ3v) is 3.28. The molecule has 0 saturated carbocycles. The molecular weight excluding hydrogens is 190 g/mol. The third-order valence-electron chi connectivity index (χ3n) is 3.28. The Hall–Kier alpha value is -0.830. The lowest BCUT2D eigenvalue weighted by Crippen LogP contribution is -2.47. The van der Waals surface area contributed by atoms with Gasteiger partial charge < -0.3 is 5.11 Å². The van der Waals surface area contributed by atoms with Crippen LogP contribution in [0.5, 0.6) is 0 Å². The number of aliphatic carboxylic acids is 1. The van der Waals surface area contributed by atoms with Crippen molar-refractivity contribution in [3.8, 4) is 0 Å². The zero-order valence-electron chi connectivity index (χ0n) is 9.75. The fraction of sp³-hybridized carbons (Fsp3) is 0.750. The maximum Gasteiger partial charge on any atom is 0.310 e. The van der Waals surface area contributed by atoms with Crippen molar-refractivity contribution in [2.75, 3.05) is 19.6 Å². The number of hydrogen-bond donors (Lipinski definition) is 1. The quantitative estimate of drug-likeness (QED) is 0.724. The maximum absolute atomic E-state index is 11.3. The Morgan fingerprint density at radius 1 is 1.60 bits per heavy atom. The van der Waals surface area contributed by atoms with E-state index >= 15 is 0 Å². The van der Waals surface area contributed by atoms with Gasteiger partial charge in [0, 0.05) is 13.1 Å². The van der Waals surface area contributed by atoms with Crippen LogP contribution in [0.4, 0.5) is 0 Å². The first-order chi connectivity index (χ1) is 7.00. The minimum absolute atomic E-state index is 0.520. The zero-order valence-corrected chi connectivity index (χ0v) is 9.75. The van der Waals surface area contributed by atoms with Gasteiger partial charge in [0.15, 0.2) is 0 Å². The van der Waals surface area contributed by atoms with Crippen LogP contribution >= 0.6 is 0 Å². The van der Waals surface area contributed by atoms with Gasteiger partial charge in [-0.15, -0.1) is 0 Å². The Kier molecular flexibility index (Phi) is 3.91. The number of nitrogens with zero attached hydrogens (tertiary/aromatic N) is 1. The van der Waals surface area contributed by atoms with Crippen molar-refractivity contribution in [2.45, 2.75) is 33.1 Å². The Morgan fingerprint density at radius 2 is 2.27 bits per heavy atom. The van der Waals surface area contributed by atoms with Crippen LogP contribution < -0.4 is 0 Å². The molecule has 1 rings (SSSR count). The third kappa shape index (κ3) is 2.81. The molecule has 0 aromatic heterocycles. The van der Waals surface area contributed by atoms with Crippen LogP contribution in [-0.4, -0.2) is 35.6 Å². The minimum atomic E-state index is -0.642. The Bertz CT molecular complexity index is 262. The van der Waals surface area contributed by atoms with Gasteiger partial charge in [0.05, 0.1) is 5.41 Å². The van der Waals surface area contributed by atoms with Crippen molar-refractivity contribution in [1.29, 1.82) is 0 Å². The van der Waals surface area contributed by atoms with Crippen LogP contribution in [0.15, 0.2) is 12.2 Å². The predicted molar refractivity (Wildman–Crippen MR) is 60.8 cm³/mol. The highest BCUT2D eigenvalue weighted by atomic mass is 16.4. The first kappa shape index (κ1) is 12.2. The van der Waals surface area contributed by atoms with Crippen LogP contribution in [0, 0.1) is 5.41 Å². The highest BCUT2D eigenvalue weighted by Crippen LogP contribution is 2.33. The van der Waals surface area contributed by atoms with E-state index in [4.69, 9.17) is 0 Å². The van der Waals surface area contributed by atoms with E-state index in [-0.39, 0.29) is 0 Å². The molecule has 1 atom stereocenters. The summed E-state index contributed by atoms with van der Waals surface area (Å²) in [5, 5.41) is 9.29. The topological polar surface area (TPSA) is 40.5 Å². The van der Waals surface area contributed by atoms with Crippen LogP contribution in [0.25, 0.3) is 0 Å². The molecule has 0 aromatic rings. The molecule has 0 amide bonds. The van der Waals surface area contributed by atoms with E-state index in [2.05, 4.69) is 11.5 Å². The van der Waals surface area contributed by atoms with Gasteiger partial charge in [-0.05, 0) is 32.7 Å². The molecule has 1 fully saturated rings. The van der Waals surface area contributed by atoms with Gasteiger partial charge in [-0.3, -0.25) is 9.69 Å². The minimum Gasteiger partial charge on any atom is -0.481 e. The summed E-state index contributed by atoms with van der Waals surface area (Å²) in [6, 6.07) is 0. The largest absolute Gasteiger partial charge is 0.481 e. The molecule has 0 radical (unpaired) electrons. The summed E-state index contributed by atoms with van der Waals surface area (Å²) in [7, 11) is 0. The maximum atomic E-state index is 11.3. The van der Waals surface area contributed by atoms with Crippen molar-refractivity contribution >= 4 is 5.97 Å². The molecule has 1 unspecified atom stereocenters. The zero-order chi connectivity index (χ0) is 11.5. The molecule has 3 heteroatoms. The molecule has 1 heterocycles. The van der Waals surface area contributed by atoms with E-state index in [1.807, 2.05) is 13.8 Å². The molecule has 0 aliphatic carbocycles. The first-order valence-electron chi connectivity index (χ1n) is 5.60. The highest BCUT2D eigenvalue weighted by Gasteiger charge is 2.40. The summed E-state index contributed by atoms with van der Waals surface area (Å²) in [6.45, 7) is 10.3. The van der Waals surface area contributed by atoms with Gasteiger partial charge in [0.25, 0.3) is 0 Å². The average molecular weight is 211 g/mol. The van der Waals surface area contributed by atoms with E-state index in [9.17, 15) is 9.90 Å².